The minimum atomic E-state index is -1.12. The summed E-state index contributed by atoms with van der Waals surface area (Å²) in [6.07, 6.45) is 0. The summed E-state index contributed by atoms with van der Waals surface area (Å²) < 4.78 is 0.707. The Bertz CT molecular complexity index is 422. The molecule has 16 heavy (non-hydrogen) atoms. The first kappa shape index (κ1) is 12.5. The molecule has 4 N–H and O–H groups in total. The van der Waals surface area contributed by atoms with Crippen LogP contribution in [0.15, 0.2) is 22.7 Å². The molecule has 86 valence electrons. The number of carboxylic acid groups (broad SMARTS) is 1. The standard InChI is InChI=1S/C9H9BrN2O4/c10-5-1-2-6(9(11)15)7(3-5)12-16-4-8(13)14/h1-3,12H,4H2,(H2,11,15)(H,13,14). The molecule has 1 aromatic carbocycles. The average molecular weight is 289 g/mol. The van der Waals surface area contributed by atoms with Crippen molar-refractivity contribution in [2.45, 2.75) is 0 Å². The third-order valence-electron chi connectivity index (χ3n) is 1.62. The molecule has 0 saturated heterocycles. The highest BCUT2D eigenvalue weighted by molar-refractivity contribution is 9.10. The number of carbonyl (C=O) groups excluding carboxylic acids is 1. The van der Waals surface area contributed by atoms with Crippen LogP contribution < -0.4 is 11.2 Å². The predicted octanol–water partition coefficient (Wildman–Crippen LogP) is 0.976. The lowest BCUT2D eigenvalue weighted by Crippen LogP contribution is -2.16. The number of carboxylic acids is 1. The van der Waals surface area contributed by atoms with Gasteiger partial charge in [-0.3, -0.25) is 15.1 Å². The van der Waals surface area contributed by atoms with Crippen LogP contribution in [0.25, 0.3) is 0 Å². The number of hydrogen-bond acceptors (Lipinski definition) is 4. The molecular formula is C9H9BrN2O4. The van der Waals surface area contributed by atoms with Gasteiger partial charge < -0.3 is 10.8 Å². The maximum Gasteiger partial charge on any atom is 0.332 e. The van der Waals surface area contributed by atoms with E-state index in [0.717, 1.165) is 0 Å². The van der Waals surface area contributed by atoms with E-state index in [0.29, 0.717) is 10.2 Å². The second-order valence-electron chi connectivity index (χ2n) is 2.84. The van der Waals surface area contributed by atoms with Crippen molar-refractivity contribution in [1.82, 2.24) is 0 Å². The lowest BCUT2D eigenvalue weighted by molar-refractivity contribution is -0.141. The van der Waals surface area contributed by atoms with E-state index in [1.54, 1.807) is 12.1 Å². The number of nitrogens with one attached hydrogen (secondary N) is 1. The maximum absolute atomic E-state index is 11.0. The Morgan fingerprint density at radius 3 is 2.75 bits per heavy atom. The second kappa shape index (κ2) is 5.47. The van der Waals surface area contributed by atoms with Gasteiger partial charge >= 0.3 is 5.97 Å². The van der Waals surface area contributed by atoms with Crippen LogP contribution in [-0.2, 0) is 9.63 Å². The molecule has 0 radical (unpaired) electrons. The Morgan fingerprint density at radius 2 is 2.19 bits per heavy atom. The molecule has 0 unspecified atom stereocenters. The Labute approximate surface area is 99.5 Å². The molecular weight excluding hydrogens is 280 g/mol. The van der Waals surface area contributed by atoms with Gasteiger partial charge in [0.25, 0.3) is 5.91 Å². The molecule has 1 aromatic rings. The fourth-order valence-electron chi connectivity index (χ4n) is 0.991. The number of primary amides is 1. The molecule has 0 spiro atoms. The Kier molecular flexibility index (Phi) is 4.27. The van der Waals surface area contributed by atoms with Crippen LogP contribution in [0.3, 0.4) is 0 Å². The Hall–Kier alpha value is -1.60. The highest BCUT2D eigenvalue weighted by atomic mass is 79.9. The average Bonchev–Trinajstić information content (AvgIpc) is 2.16. The number of amides is 1. The highest BCUT2D eigenvalue weighted by Gasteiger charge is 2.09. The molecule has 7 heteroatoms. The first-order chi connectivity index (χ1) is 7.50. The third-order valence-corrected chi connectivity index (χ3v) is 2.12. The normalized spacial score (nSPS) is 9.81. The van der Waals surface area contributed by atoms with Crippen LogP contribution in [0.5, 0.6) is 0 Å². The molecule has 6 nitrogen and oxygen atoms in total. The molecule has 0 aromatic heterocycles. The molecule has 0 aliphatic heterocycles. The zero-order valence-electron chi connectivity index (χ0n) is 8.07. The number of anilines is 1. The van der Waals surface area contributed by atoms with E-state index in [1.807, 2.05) is 0 Å². The summed E-state index contributed by atoms with van der Waals surface area (Å²) in [5.74, 6) is -1.75. The fraction of sp³-hybridized carbons (Fsp3) is 0.111. The summed E-state index contributed by atoms with van der Waals surface area (Å²) in [6.45, 7) is -0.523. The zero-order chi connectivity index (χ0) is 12.1. The van der Waals surface area contributed by atoms with Gasteiger partial charge in [0.15, 0.2) is 6.61 Å². The molecule has 0 aliphatic carbocycles. The quantitative estimate of drug-likeness (QED) is 0.701. The van der Waals surface area contributed by atoms with Gasteiger partial charge in [-0.1, -0.05) is 15.9 Å². The number of hydrogen-bond donors (Lipinski definition) is 3. The Morgan fingerprint density at radius 1 is 1.50 bits per heavy atom. The SMILES string of the molecule is NC(=O)c1ccc(Br)cc1NOCC(=O)O. The summed E-state index contributed by atoms with van der Waals surface area (Å²) in [7, 11) is 0. The second-order valence-corrected chi connectivity index (χ2v) is 3.75. The molecule has 1 rings (SSSR count). The molecule has 0 fully saturated rings. The van der Waals surface area contributed by atoms with Crippen molar-refractivity contribution in [3.63, 3.8) is 0 Å². The fourth-order valence-corrected chi connectivity index (χ4v) is 1.35. The van der Waals surface area contributed by atoms with Crippen molar-refractivity contribution in [2.75, 3.05) is 12.1 Å². The minimum Gasteiger partial charge on any atom is -0.479 e. The summed E-state index contributed by atoms with van der Waals surface area (Å²) >= 11 is 3.20. The van der Waals surface area contributed by atoms with E-state index in [9.17, 15) is 9.59 Å². The highest BCUT2D eigenvalue weighted by Crippen LogP contribution is 2.21. The van der Waals surface area contributed by atoms with Crippen molar-refractivity contribution in [3.8, 4) is 0 Å². The van der Waals surface area contributed by atoms with E-state index in [-0.39, 0.29) is 5.56 Å². The summed E-state index contributed by atoms with van der Waals surface area (Å²) in [5, 5.41) is 8.36. The van der Waals surface area contributed by atoms with Crippen LogP contribution in [0, 0.1) is 0 Å². The molecule has 0 saturated carbocycles. The number of benzene rings is 1. The van der Waals surface area contributed by atoms with Gasteiger partial charge in [-0.15, -0.1) is 0 Å². The molecule has 0 bridgehead atoms. The van der Waals surface area contributed by atoms with Crippen molar-refractivity contribution in [3.05, 3.63) is 28.2 Å². The van der Waals surface area contributed by atoms with Gasteiger partial charge in [0.2, 0.25) is 0 Å². The molecule has 0 aliphatic rings. The van der Waals surface area contributed by atoms with Gasteiger partial charge in [0, 0.05) is 4.47 Å². The lowest BCUT2D eigenvalue weighted by atomic mass is 10.2. The largest absolute Gasteiger partial charge is 0.479 e. The van der Waals surface area contributed by atoms with Crippen LogP contribution in [0.4, 0.5) is 5.69 Å². The van der Waals surface area contributed by atoms with E-state index < -0.39 is 18.5 Å². The number of aliphatic carboxylic acids is 1. The number of halogens is 1. The van der Waals surface area contributed by atoms with Crippen molar-refractivity contribution < 1.29 is 19.5 Å². The summed E-state index contributed by atoms with van der Waals surface area (Å²) in [6, 6.07) is 4.70. The van der Waals surface area contributed by atoms with Crippen LogP contribution in [0.1, 0.15) is 10.4 Å². The number of nitrogens with two attached hydrogens (primary N) is 1. The molecule has 0 atom stereocenters. The van der Waals surface area contributed by atoms with Gasteiger partial charge in [-0.05, 0) is 18.2 Å². The zero-order valence-corrected chi connectivity index (χ0v) is 9.65. The van der Waals surface area contributed by atoms with E-state index in [2.05, 4.69) is 26.2 Å². The van der Waals surface area contributed by atoms with E-state index >= 15 is 0 Å². The van der Waals surface area contributed by atoms with E-state index in [1.165, 1.54) is 6.07 Å². The number of carbonyl (C=O) groups is 2. The first-order valence-corrected chi connectivity index (χ1v) is 4.99. The maximum atomic E-state index is 11.0. The number of rotatable bonds is 5. The van der Waals surface area contributed by atoms with Crippen molar-refractivity contribution >= 4 is 33.5 Å². The topological polar surface area (TPSA) is 102 Å². The van der Waals surface area contributed by atoms with Gasteiger partial charge in [-0.25, -0.2) is 4.79 Å². The van der Waals surface area contributed by atoms with E-state index in [4.69, 9.17) is 10.8 Å². The van der Waals surface area contributed by atoms with Gasteiger partial charge in [-0.2, -0.15) is 0 Å². The van der Waals surface area contributed by atoms with Crippen LogP contribution in [-0.4, -0.2) is 23.6 Å². The minimum absolute atomic E-state index is 0.216. The monoisotopic (exact) mass is 288 g/mol. The molecule has 1 amide bonds. The van der Waals surface area contributed by atoms with Crippen LogP contribution in [0.2, 0.25) is 0 Å². The van der Waals surface area contributed by atoms with Crippen molar-refractivity contribution in [1.29, 1.82) is 0 Å². The smallest absolute Gasteiger partial charge is 0.332 e. The summed E-state index contributed by atoms with van der Waals surface area (Å²) in [4.78, 5) is 25.9. The van der Waals surface area contributed by atoms with Crippen LogP contribution >= 0.6 is 15.9 Å². The lowest BCUT2D eigenvalue weighted by Gasteiger charge is -2.09. The summed E-state index contributed by atoms with van der Waals surface area (Å²) in [5.41, 5.74) is 8.01. The van der Waals surface area contributed by atoms with Gasteiger partial charge in [0.1, 0.15) is 0 Å². The van der Waals surface area contributed by atoms with Gasteiger partial charge in [0.05, 0.1) is 11.3 Å². The Balaban J connectivity index is 2.80. The first-order valence-electron chi connectivity index (χ1n) is 4.19. The van der Waals surface area contributed by atoms with Crippen molar-refractivity contribution in [2.24, 2.45) is 5.73 Å². The third kappa shape index (κ3) is 3.52. The molecule has 0 heterocycles. The predicted molar refractivity (Wildman–Crippen MR) is 59.9 cm³/mol.